The van der Waals surface area contributed by atoms with E-state index in [1.54, 1.807) is 0 Å². The third-order valence-corrected chi connectivity index (χ3v) is 3.06. The zero-order valence-corrected chi connectivity index (χ0v) is 11.8. The van der Waals surface area contributed by atoms with Gasteiger partial charge in [0.05, 0.1) is 16.8 Å². The molecule has 7 heteroatoms. The molecule has 0 aliphatic rings. The predicted octanol–water partition coefficient (Wildman–Crippen LogP) is 5.63. The molecule has 0 unspecified atom stereocenters. The molecule has 0 amide bonds. The Morgan fingerprint density at radius 1 is 1.00 bits per heavy atom. The van der Waals surface area contributed by atoms with E-state index in [1.807, 2.05) is 6.07 Å². The van der Waals surface area contributed by atoms with Gasteiger partial charge in [-0.1, -0.05) is 23.2 Å². The number of anilines is 2. The van der Waals surface area contributed by atoms with Gasteiger partial charge in [-0.15, -0.1) is 0 Å². The van der Waals surface area contributed by atoms with Gasteiger partial charge in [0.2, 0.25) is 0 Å². The lowest BCUT2D eigenvalue weighted by Gasteiger charge is -2.12. The van der Waals surface area contributed by atoms with Crippen LogP contribution >= 0.6 is 23.2 Å². The van der Waals surface area contributed by atoms with Crippen molar-refractivity contribution in [3.05, 3.63) is 57.6 Å². The number of nitrogens with one attached hydrogen (secondary N) is 1. The Bertz CT molecular complexity index is 721. The van der Waals surface area contributed by atoms with Crippen molar-refractivity contribution in [3.63, 3.8) is 0 Å². The van der Waals surface area contributed by atoms with Crippen LogP contribution in [-0.4, -0.2) is 0 Å². The highest BCUT2D eigenvalue weighted by Gasteiger charge is 2.31. The van der Waals surface area contributed by atoms with Crippen LogP contribution in [0, 0.1) is 11.3 Å². The summed E-state index contributed by atoms with van der Waals surface area (Å²) in [4.78, 5) is 0. The van der Waals surface area contributed by atoms with Crippen LogP contribution in [0.25, 0.3) is 0 Å². The SMILES string of the molecule is N#Cc1ccc(Cl)cc1Nc1cc(Cl)cc(C(F)(F)F)c1. The molecule has 108 valence electrons. The van der Waals surface area contributed by atoms with Crippen molar-refractivity contribution in [1.82, 2.24) is 0 Å². The molecule has 0 heterocycles. The Kier molecular flexibility index (Phi) is 4.31. The molecule has 2 rings (SSSR count). The van der Waals surface area contributed by atoms with E-state index in [0.29, 0.717) is 10.7 Å². The van der Waals surface area contributed by atoms with Crippen molar-refractivity contribution in [2.45, 2.75) is 6.18 Å². The van der Waals surface area contributed by atoms with Gasteiger partial charge in [-0.3, -0.25) is 0 Å². The summed E-state index contributed by atoms with van der Waals surface area (Å²) < 4.78 is 38.2. The molecule has 0 bridgehead atoms. The number of hydrogen-bond acceptors (Lipinski definition) is 2. The van der Waals surface area contributed by atoms with Crippen LogP contribution in [0.15, 0.2) is 36.4 Å². The van der Waals surface area contributed by atoms with Gasteiger partial charge in [0, 0.05) is 15.7 Å². The maximum atomic E-state index is 12.7. The van der Waals surface area contributed by atoms with E-state index in [0.717, 1.165) is 12.1 Å². The molecule has 0 aromatic heterocycles. The third kappa shape index (κ3) is 3.81. The Morgan fingerprint density at radius 3 is 2.33 bits per heavy atom. The van der Waals surface area contributed by atoms with Crippen molar-refractivity contribution in [2.75, 3.05) is 5.32 Å². The van der Waals surface area contributed by atoms with E-state index in [2.05, 4.69) is 5.32 Å². The molecule has 0 fully saturated rings. The quantitative estimate of drug-likeness (QED) is 0.774. The average molecular weight is 331 g/mol. The predicted molar refractivity (Wildman–Crippen MR) is 75.9 cm³/mol. The fraction of sp³-hybridized carbons (Fsp3) is 0.0714. The van der Waals surface area contributed by atoms with Crippen LogP contribution in [0.2, 0.25) is 10.0 Å². The van der Waals surface area contributed by atoms with Crippen LogP contribution in [0.3, 0.4) is 0 Å². The molecule has 2 nitrogen and oxygen atoms in total. The lowest BCUT2D eigenvalue weighted by molar-refractivity contribution is -0.137. The fourth-order valence-electron chi connectivity index (χ4n) is 1.70. The standard InChI is InChI=1S/C14H7Cl2F3N2/c15-10-2-1-8(7-20)13(6-10)21-12-4-9(14(17,18)19)3-11(16)5-12/h1-6,21H. The Balaban J connectivity index is 2.43. The van der Waals surface area contributed by atoms with Gasteiger partial charge in [-0.05, 0) is 36.4 Å². The van der Waals surface area contributed by atoms with Crippen LogP contribution in [0.1, 0.15) is 11.1 Å². The summed E-state index contributed by atoms with van der Waals surface area (Å²) in [5, 5.41) is 12.0. The lowest BCUT2D eigenvalue weighted by Crippen LogP contribution is -2.05. The second-order valence-electron chi connectivity index (χ2n) is 4.15. The normalized spacial score (nSPS) is 11.0. The van der Waals surface area contributed by atoms with Crippen molar-refractivity contribution >= 4 is 34.6 Å². The minimum absolute atomic E-state index is 0.0622. The van der Waals surface area contributed by atoms with E-state index >= 15 is 0 Å². The van der Waals surface area contributed by atoms with Crippen molar-refractivity contribution in [1.29, 1.82) is 5.26 Å². The van der Waals surface area contributed by atoms with Crippen molar-refractivity contribution in [2.24, 2.45) is 0 Å². The largest absolute Gasteiger partial charge is 0.416 e. The number of rotatable bonds is 2. The summed E-state index contributed by atoms with van der Waals surface area (Å²) in [5.74, 6) is 0. The number of nitrogens with zero attached hydrogens (tertiary/aromatic N) is 1. The fourth-order valence-corrected chi connectivity index (χ4v) is 2.11. The molecule has 0 radical (unpaired) electrons. The average Bonchev–Trinajstić information content (AvgIpc) is 2.37. The Hall–Kier alpha value is -1.90. The molecule has 21 heavy (non-hydrogen) atoms. The van der Waals surface area contributed by atoms with Gasteiger partial charge in [0.1, 0.15) is 6.07 Å². The number of halogens is 5. The van der Waals surface area contributed by atoms with Gasteiger partial charge >= 0.3 is 6.18 Å². The first-order chi connectivity index (χ1) is 9.79. The molecule has 0 saturated carbocycles. The second kappa shape index (κ2) is 5.84. The van der Waals surface area contributed by atoms with E-state index < -0.39 is 11.7 Å². The molecule has 0 aliphatic carbocycles. The maximum Gasteiger partial charge on any atom is 0.416 e. The van der Waals surface area contributed by atoms with Crippen LogP contribution in [0.5, 0.6) is 0 Å². The smallest absolute Gasteiger partial charge is 0.354 e. The zero-order valence-electron chi connectivity index (χ0n) is 10.3. The van der Waals surface area contributed by atoms with E-state index in [1.165, 1.54) is 24.3 Å². The number of alkyl halides is 3. The van der Waals surface area contributed by atoms with E-state index in [4.69, 9.17) is 28.5 Å². The summed E-state index contributed by atoms with van der Waals surface area (Å²) in [6, 6.07) is 9.44. The summed E-state index contributed by atoms with van der Waals surface area (Å²) in [6.07, 6.45) is -4.51. The van der Waals surface area contributed by atoms with E-state index in [9.17, 15) is 13.2 Å². The first kappa shape index (κ1) is 15.5. The molecule has 0 saturated heterocycles. The van der Waals surface area contributed by atoms with Crippen LogP contribution in [0.4, 0.5) is 24.5 Å². The molecule has 2 aromatic carbocycles. The number of nitriles is 1. The molecule has 0 spiro atoms. The topological polar surface area (TPSA) is 35.8 Å². The Morgan fingerprint density at radius 2 is 1.71 bits per heavy atom. The molecule has 2 aromatic rings. The van der Waals surface area contributed by atoms with Crippen LogP contribution < -0.4 is 5.32 Å². The van der Waals surface area contributed by atoms with Gasteiger partial charge in [0.15, 0.2) is 0 Å². The molecule has 0 aliphatic heterocycles. The van der Waals surface area contributed by atoms with Gasteiger partial charge in [0.25, 0.3) is 0 Å². The highest BCUT2D eigenvalue weighted by Crippen LogP contribution is 2.34. The third-order valence-electron chi connectivity index (χ3n) is 2.61. The van der Waals surface area contributed by atoms with Gasteiger partial charge < -0.3 is 5.32 Å². The molecular formula is C14H7Cl2F3N2. The first-order valence-corrected chi connectivity index (χ1v) is 6.39. The molecular weight excluding hydrogens is 324 g/mol. The zero-order chi connectivity index (χ0) is 15.6. The van der Waals surface area contributed by atoms with Gasteiger partial charge in [-0.25, -0.2) is 0 Å². The number of hydrogen-bond donors (Lipinski definition) is 1. The molecule has 0 atom stereocenters. The van der Waals surface area contributed by atoms with E-state index in [-0.39, 0.29) is 16.3 Å². The highest BCUT2D eigenvalue weighted by molar-refractivity contribution is 6.31. The monoisotopic (exact) mass is 330 g/mol. The summed E-state index contributed by atoms with van der Waals surface area (Å²) in [7, 11) is 0. The Labute approximate surface area is 128 Å². The molecule has 1 N–H and O–H groups in total. The lowest BCUT2D eigenvalue weighted by atomic mass is 10.1. The summed E-state index contributed by atoms with van der Waals surface area (Å²) in [5.41, 5.74) is -0.194. The summed E-state index contributed by atoms with van der Waals surface area (Å²) in [6.45, 7) is 0. The summed E-state index contributed by atoms with van der Waals surface area (Å²) >= 11 is 11.5. The van der Waals surface area contributed by atoms with Crippen LogP contribution in [-0.2, 0) is 6.18 Å². The van der Waals surface area contributed by atoms with Gasteiger partial charge in [-0.2, -0.15) is 18.4 Å². The maximum absolute atomic E-state index is 12.7. The minimum Gasteiger partial charge on any atom is -0.354 e. The van der Waals surface area contributed by atoms with Crippen molar-refractivity contribution in [3.8, 4) is 6.07 Å². The van der Waals surface area contributed by atoms with Crippen molar-refractivity contribution < 1.29 is 13.2 Å². The second-order valence-corrected chi connectivity index (χ2v) is 5.03. The first-order valence-electron chi connectivity index (χ1n) is 5.64. The minimum atomic E-state index is -4.51. The highest BCUT2D eigenvalue weighted by atomic mass is 35.5. The number of benzene rings is 2.